The van der Waals surface area contributed by atoms with Crippen molar-refractivity contribution in [2.24, 2.45) is 0 Å². The lowest BCUT2D eigenvalue weighted by Gasteiger charge is -2.34. The summed E-state index contributed by atoms with van der Waals surface area (Å²) in [5.74, 6) is 1.48. The Bertz CT molecular complexity index is 826. The van der Waals surface area contributed by atoms with Crippen LogP contribution in [-0.2, 0) is 23.0 Å². The minimum atomic E-state index is -3.53. The van der Waals surface area contributed by atoms with Gasteiger partial charge in [0, 0.05) is 58.1 Å². The van der Waals surface area contributed by atoms with Gasteiger partial charge in [-0.3, -0.25) is 4.90 Å². The number of benzene rings is 1. The fourth-order valence-corrected chi connectivity index (χ4v) is 4.85. The van der Waals surface area contributed by atoms with E-state index in [0.717, 1.165) is 38.4 Å². The minimum absolute atomic E-state index is 0.238. The predicted molar refractivity (Wildman–Crippen MR) is 99.8 cm³/mol. The number of methoxy groups -OCH3 is 1. The monoisotopic (exact) mass is 378 g/mol. The summed E-state index contributed by atoms with van der Waals surface area (Å²) in [5.41, 5.74) is 0. The number of aryl methyl sites for hydroxylation is 1. The van der Waals surface area contributed by atoms with E-state index in [1.807, 2.05) is 12.4 Å². The number of ether oxygens (including phenoxy) is 1. The van der Waals surface area contributed by atoms with Crippen LogP contribution in [0.25, 0.3) is 0 Å². The third kappa shape index (κ3) is 3.92. The number of imidazole rings is 1. The van der Waals surface area contributed by atoms with E-state index in [2.05, 4.69) is 21.4 Å². The highest BCUT2D eigenvalue weighted by Crippen LogP contribution is 2.26. The lowest BCUT2D eigenvalue weighted by Crippen LogP contribution is -2.49. The van der Waals surface area contributed by atoms with Gasteiger partial charge in [0.25, 0.3) is 0 Å². The maximum Gasteiger partial charge on any atom is 0.246 e. The van der Waals surface area contributed by atoms with E-state index in [-0.39, 0.29) is 4.90 Å². The quantitative estimate of drug-likeness (QED) is 0.730. The largest absolute Gasteiger partial charge is 0.495 e. The van der Waals surface area contributed by atoms with Gasteiger partial charge in [-0.05, 0) is 12.1 Å². The Morgan fingerprint density at radius 1 is 1.12 bits per heavy atom. The van der Waals surface area contributed by atoms with E-state index in [1.165, 1.54) is 7.11 Å². The molecule has 8 heteroatoms. The molecule has 1 aliphatic rings. The summed E-state index contributed by atoms with van der Waals surface area (Å²) in [6.07, 6.45) is 4.75. The Balaban J connectivity index is 1.59. The highest BCUT2D eigenvalue weighted by Gasteiger charge is 2.30. The highest BCUT2D eigenvalue weighted by atomic mass is 32.2. The summed E-state index contributed by atoms with van der Waals surface area (Å²) in [4.78, 5) is 6.87. The van der Waals surface area contributed by atoms with Crippen LogP contribution < -0.4 is 4.74 Å². The van der Waals surface area contributed by atoms with Crippen LogP contribution in [0.4, 0.5) is 0 Å². The molecule has 0 N–H and O–H groups in total. The van der Waals surface area contributed by atoms with Gasteiger partial charge in [0.1, 0.15) is 16.5 Å². The fraction of sp³-hybridized carbons (Fsp3) is 0.500. The maximum atomic E-state index is 12.9. The third-order valence-corrected chi connectivity index (χ3v) is 6.73. The number of hydrogen-bond acceptors (Lipinski definition) is 5. The van der Waals surface area contributed by atoms with E-state index in [1.54, 1.807) is 28.6 Å². The number of nitrogens with zero attached hydrogens (tertiary/aromatic N) is 4. The second-order valence-corrected chi connectivity index (χ2v) is 8.19. The van der Waals surface area contributed by atoms with Crippen LogP contribution in [-0.4, -0.2) is 67.0 Å². The molecule has 0 atom stereocenters. The summed E-state index contributed by atoms with van der Waals surface area (Å²) in [7, 11) is -2.04. The average Bonchev–Trinajstić information content (AvgIpc) is 3.14. The molecule has 26 heavy (non-hydrogen) atoms. The molecule has 0 unspecified atom stereocenters. The number of rotatable bonds is 7. The van der Waals surface area contributed by atoms with Gasteiger partial charge in [-0.15, -0.1) is 0 Å². The molecule has 2 heterocycles. The van der Waals surface area contributed by atoms with Gasteiger partial charge in [0.15, 0.2) is 0 Å². The Hall–Kier alpha value is -1.90. The molecule has 0 radical (unpaired) electrons. The third-order valence-electron chi connectivity index (χ3n) is 4.79. The van der Waals surface area contributed by atoms with Crippen molar-refractivity contribution >= 4 is 10.0 Å². The first-order valence-corrected chi connectivity index (χ1v) is 10.4. The molecular formula is C18H26N4O3S. The van der Waals surface area contributed by atoms with Crippen molar-refractivity contribution in [3.8, 4) is 5.75 Å². The highest BCUT2D eigenvalue weighted by molar-refractivity contribution is 7.89. The van der Waals surface area contributed by atoms with Gasteiger partial charge >= 0.3 is 0 Å². The summed E-state index contributed by atoms with van der Waals surface area (Å²) in [6.45, 7) is 6.31. The average molecular weight is 378 g/mol. The Morgan fingerprint density at radius 2 is 1.85 bits per heavy atom. The zero-order chi connectivity index (χ0) is 18.6. The summed E-state index contributed by atoms with van der Waals surface area (Å²) in [6, 6.07) is 6.78. The van der Waals surface area contributed by atoms with Gasteiger partial charge < -0.3 is 9.30 Å². The van der Waals surface area contributed by atoms with Gasteiger partial charge in [0.2, 0.25) is 10.0 Å². The van der Waals surface area contributed by atoms with Crippen LogP contribution in [0.5, 0.6) is 5.75 Å². The van der Waals surface area contributed by atoms with Gasteiger partial charge in [-0.2, -0.15) is 4.31 Å². The van der Waals surface area contributed by atoms with Crippen molar-refractivity contribution < 1.29 is 13.2 Å². The van der Waals surface area contributed by atoms with E-state index in [4.69, 9.17) is 4.74 Å². The Morgan fingerprint density at radius 3 is 2.54 bits per heavy atom. The predicted octanol–water partition coefficient (Wildman–Crippen LogP) is 1.46. The first-order valence-electron chi connectivity index (χ1n) is 8.91. The molecule has 0 aliphatic carbocycles. The summed E-state index contributed by atoms with van der Waals surface area (Å²) >= 11 is 0. The lowest BCUT2D eigenvalue weighted by molar-refractivity contribution is 0.182. The van der Waals surface area contributed by atoms with Crippen LogP contribution in [0, 0.1) is 0 Å². The maximum absolute atomic E-state index is 12.9. The van der Waals surface area contributed by atoms with Crippen molar-refractivity contribution in [2.45, 2.75) is 24.8 Å². The van der Waals surface area contributed by atoms with E-state index < -0.39 is 10.0 Å². The molecule has 1 aromatic heterocycles. The van der Waals surface area contributed by atoms with Crippen LogP contribution in [0.3, 0.4) is 0 Å². The second-order valence-electron chi connectivity index (χ2n) is 6.29. The van der Waals surface area contributed by atoms with E-state index in [9.17, 15) is 8.42 Å². The van der Waals surface area contributed by atoms with Gasteiger partial charge in [-0.25, -0.2) is 13.4 Å². The van der Waals surface area contributed by atoms with Crippen LogP contribution in [0.2, 0.25) is 0 Å². The minimum Gasteiger partial charge on any atom is -0.495 e. The molecular weight excluding hydrogens is 352 g/mol. The molecule has 0 amide bonds. The number of aromatic nitrogens is 2. The molecule has 1 aliphatic heterocycles. The van der Waals surface area contributed by atoms with Crippen molar-refractivity contribution in [2.75, 3.05) is 39.8 Å². The zero-order valence-corrected chi connectivity index (χ0v) is 16.2. The molecule has 142 valence electrons. The SMILES string of the molecule is CCc1nccn1CCN1CCN(S(=O)(=O)c2ccccc2OC)CC1. The summed E-state index contributed by atoms with van der Waals surface area (Å²) in [5, 5.41) is 0. The van der Waals surface area contributed by atoms with Gasteiger partial charge in [0.05, 0.1) is 7.11 Å². The van der Waals surface area contributed by atoms with Crippen molar-refractivity contribution in [3.05, 3.63) is 42.5 Å². The van der Waals surface area contributed by atoms with Crippen molar-refractivity contribution in [1.29, 1.82) is 0 Å². The molecule has 2 aromatic rings. The number of piperazine rings is 1. The first kappa shape index (κ1) is 18.9. The standard InChI is InChI=1S/C18H26N4O3S/c1-3-18-19-8-9-21(18)13-10-20-11-14-22(15-12-20)26(23,24)17-7-5-4-6-16(17)25-2/h4-9H,3,10-15H2,1-2H3. The summed E-state index contributed by atoms with van der Waals surface area (Å²) < 4.78 is 34.8. The van der Waals surface area contributed by atoms with Crippen LogP contribution in [0.1, 0.15) is 12.7 Å². The molecule has 1 fully saturated rings. The first-order chi connectivity index (χ1) is 12.6. The molecule has 1 aromatic carbocycles. The molecule has 3 rings (SSSR count). The van der Waals surface area contributed by atoms with E-state index >= 15 is 0 Å². The van der Waals surface area contributed by atoms with Gasteiger partial charge in [-0.1, -0.05) is 19.1 Å². The topological polar surface area (TPSA) is 67.7 Å². The Kier molecular flexibility index (Phi) is 5.95. The fourth-order valence-electron chi connectivity index (χ4n) is 3.27. The normalized spacial score (nSPS) is 16.7. The number of sulfonamides is 1. The molecule has 0 saturated carbocycles. The van der Waals surface area contributed by atoms with Crippen molar-refractivity contribution in [3.63, 3.8) is 0 Å². The molecule has 0 bridgehead atoms. The van der Waals surface area contributed by atoms with Crippen LogP contribution >= 0.6 is 0 Å². The van der Waals surface area contributed by atoms with Crippen molar-refractivity contribution in [1.82, 2.24) is 18.8 Å². The van der Waals surface area contributed by atoms with E-state index in [0.29, 0.717) is 18.8 Å². The second kappa shape index (κ2) is 8.20. The zero-order valence-electron chi connectivity index (χ0n) is 15.3. The number of para-hydroxylation sites is 1. The molecule has 7 nitrogen and oxygen atoms in total. The number of hydrogen-bond donors (Lipinski definition) is 0. The van der Waals surface area contributed by atoms with Crippen LogP contribution in [0.15, 0.2) is 41.6 Å². The smallest absolute Gasteiger partial charge is 0.246 e. The Labute approximate surface area is 155 Å². The molecule has 1 saturated heterocycles. The molecule has 0 spiro atoms. The lowest BCUT2D eigenvalue weighted by atomic mass is 10.3.